The SMILES string of the molecule is CC(C)C(C)CNc1ncc(N)cc1Cl. The van der Waals surface area contributed by atoms with Crippen molar-refractivity contribution in [1.82, 2.24) is 4.98 Å². The molecule has 0 saturated heterocycles. The van der Waals surface area contributed by atoms with Crippen LogP contribution in [-0.4, -0.2) is 11.5 Å². The van der Waals surface area contributed by atoms with Crippen molar-refractivity contribution in [3.05, 3.63) is 17.3 Å². The van der Waals surface area contributed by atoms with Crippen LogP contribution >= 0.6 is 11.6 Å². The minimum absolute atomic E-state index is 0.575. The van der Waals surface area contributed by atoms with Crippen LogP contribution in [0.1, 0.15) is 20.8 Å². The third kappa shape index (κ3) is 3.59. The van der Waals surface area contributed by atoms with Gasteiger partial charge in [-0.1, -0.05) is 32.4 Å². The van der Waals surface area contributed by atoms with Gasteiger partial charge in [0, 0.05) is 6.54 Å². The number of nitrogen functional groups attached to an aromatic ring is 1. The molecule has 3 N–H and O–H groups in total. The molecule has 0 saturated carbocycles. The summed E-state index contributed by atoms with van der Waals surface area (Å²) in [5.74, 6) is 1.93. The topological polar surface area (TPSA) is 50.9 Å². The lowest BCUT2D eigenvalue weighted by Crippen LogP contribution is -2.17. The lowest BCUT2D eigenvalue weighted by atomic mass is 9.98. The fourth-order valence-corrected chi connectivity index (χ4v) is 1.32. The molecule has 0 aromatic carbocycles. The quantitative estimate of drug-likeness (QED) is 0.832. The molecule has 84 valence electrons. The molecule has 0 amide bonds. The van der Waals surface area contributed by atoms with E-state index in [-0.39, 0.29) is 0 Å². The molecule has 1 heterocycles. The highest BCUT2D eigenvalue weighted by molar-refractivity contribution is 6.33. The molecule has 15 heavy (non-hydrogen) atoms. The summed E-state index contributed by atoms with van der Waals surface area (Å²) < 4.78 is 0. The number of anilines is 2. The van der Waals surface area contributed by atoms with E-state index < -0.39 is 0 Å². The van der Waals surface area contributed by atoms with Gasteiger partial charge in [-0.3, -0.25) is 0 Å². The molecule has 0 fully saturated rings. The molecule has 1 unspecified atom stereocenters. The van der Waals surface area contributed by atoms with E-state index in [0.29, 0.717) is 28.4 Å². The molecule has 0 aliphatic carbocycles. The summed E-state index contributed by atoms with van der Waals surface area (Å²) in [4.78, 5) is 4.14. The molecule has 0 aliphatic heterocycles. The van der Waals surface area contributed by atoms with Crippen molar-refractivity contribution in [3.8, 4) is 0 Å². The van der Waals surface area contributed by atoms with Crippen molar-refractivity contribution in [1.29, 1.82) is 0 Å². The molecule has 4 heteroatoms. The normalized spacial score (nSPS) is 12.9. The van der Waals surface area contributed by atoms with Gasteiger partial charge in [0.2, 0.25) is 0 Å². The number of aromatic nitrogens is 1. The van der Waals surface area contributed by atoms with E-state index in [1.54, 1.807) is 12.3 Å². The predicted octanol–water partition coefficient (Wildman–Crippen LogP) is 3.02. The van der Waals surface area contributed by atoms with Gasteiger partial charge < -0.3 is 11.1 Å². The molecule has 0 aliphatic rings. The highest BCUT2D eigenvalue weighted by Crippen LogP contribution is 2.21. The fourth-order valence-electron chi connectivity index (χ4n) is 1.08. The second kappa shape index (κ2) is 5.21. The molecular weight excluding hydrogens is 210 g/mol. The maximum atomic E-state index is 5.99. The Labute approximate surface area is 96.0 Å². The second-order valence-electron chi connectivity index (χ2n) is 4.20. The van der Waals surface area contributed by atoms with Gasteiger partial charge in [-0.2, -0.15) is 0 Å². The van der Waals surface area contributed by atoms with Crippen molar-refractivity contribution in [2.75, 3.05) is 17.6 Å². The number of nitrogens with one attached hydrogen (secondary N) is 1. The van der Waals surface area contributed by atoms with Crippen molar-refractivity contribution in [2.45, 2.75) is 20.8 Å². The maximum Gasteiger partial charge on any atom is 0.144 e. The summed E-state index contributed by atoms with van der Waals surface area (Å²) in [6.45, 7) is 7.46. The number of nitrogens with zero attached hydrogens (tertiary/aromatic N) is 1. The summed E-state index contributed by atoms with van der Waals surface area (Å²) in [6.07, 6.45) is 1.61. The smallest absolute Gasteiger partial charge is 0.144 e. The molecule has 1 aromatic rings. The first kappa shape index (κ1) is 12.1. The Balaban J connectivity index is 2.58. The first-order chi connectivity index (χ1) is 7.00. The maximum absolute atomic E-state index is 5.99. The Morgan fingerprint density at radius 1 is 1.47 bits per heavy atom. The van der Waals surface area contributed by atoms with Gasteiger partial charge in [-0.25, -0.2) is 4.98 Å². The van der Waals surface area contributed by atoms with E-state index in [1.807, 2.05) is 0 Å². The van der Waals surface area contributed by atoms with Gasteiger partial charge in [0.1, 0.15) is 5.82 Å². The van der Waals surface area contributed by atoms with Crippen LogP contribution in [0.25, 0.3) is 0 Å². The Morgan fingerprint density at radius 3 is 2.67 bits per heavy atom. The third-order valence-corrected chi connectivity index (χ3v) is 2.88. The zero-order valence-corrected chi connectivity index (χ0v) is 10.2. The number of rotatable bonds is 4. The first-order valence-electron chi connectivity index (χ1n) is 5.15. The Morgan fingerprint density at radius 2 is 2.13 bits per heavy atom. The average Bonchev–Trinajstić information content (AvgIpc) is 2.15. The zero-order chi connectivity index (χ0) is 11.4. The largest absolute Gasteiger partial charge is 0.397 e. The standard InChI is InChI=1S/C11H18ClN3/c1-7(2)8(3)5-14-11-10(12)4-9(13)6-15-11/h4,6-8H,5,13H2,1-3H3,(H,14,15). The fraction of sp³-hybridized carbons (Fsp3) is 0.545. The van der Waals surface area contributed by atoms with E-state index in [1.165, 1.54) is 0 Å². The average molecular weight is 228 g/mol. The van der Waals surface area contributed by atoms with Crippen molar-refractivity contribution >= 4 is 23.1 Å². The van der Waals surface area contributed by atoms with Gasteiger partial charge in [-0.15, -0.1) is 0 Å². The van der Waals surface area contributed by atoms with Gasteiger partial charge in [0.05, 0.1) is 16.9 Å². The van der Waals surface area contributed by atoms with Crippen molar-refractivity contribution < 1.29 is 0 Å². The van der Waals surface area contributed by atoms with E-state index in [0.717, 1.165) is 6.54 Å². The Bertz CT molecular complexity index is 326. The van der Waals surface area contributed by atoms with Gasteiger partial charge in [0.25, 0.3) is 0 Å². The highest BCUT2D eigenvalue weighted by atomic mass is 35.5. The molecule has 0 radical (unpaired) electrons. The molecule has 1 aromatic heterocycles. The van der Waals surface area contributed by atoms with Crippen molar-refractivity contribution in [3.63, 3.8) is 0 Å². The van der Waals surface area contributed by atoms with Crippen LogP contribution in [-0.2, 0) is 0 Å². The number of halogens is 1. The number of hydrogen-bond acceptors (Lipinski definition) is 3. The molecule has 0 bridgehead atoms. The summed E-state index contributed by atoms with van der Waals surface area (Å²) in [6, 6.07) is 1.71. The summed E-state index contributed by atoms with van der Waals surface area (Å²) in [7, 11) is 0. The Hall–Kier alpha value is -0.960. The lowest BCUT2D eigenvalue weighted by Gasteiger charge is -2.16. The van der Waals surface area contributed by atoms with Crippen molar-refractivity contribution in [2.24, 2.45) is 11.8 Å². The number of hydrogen-bond donors (Lipinski definition) is 2. The van der Waals surface area contributed by atoms with Gasteiger partial charge in [0.15, 0.2) is 0 Å². The highest BCUT2D eigenvalue weighted by Gasteiger charge is 2.08. The van der Waals surface area contributed by atoms with Crippen LogP contribution in [0.4, 0.5) is 11.5 Å². The summed E-state index contributed by atoms with van der Waals surface area (Å²) in [5.41, 5.74) is 6.14. The monoisotopic (exact) mass is 227 g/mol. The third-order valence-electron chi connectivity index (χ3n) is 2.59. The minimum Gasteiger partial charge on any atom is -0.397 e. The van der Waals surface area contributed by atoms with Crippen LogP contribution in [0.5, 0.6) is 0 Å². The lowest BCUT2D eigenvalue weighted by molar-refractivity contribution is 0.439. The van der Waals surface area contributed by atoms with Gasteiger partial charge >= 0.3 is 0 Å². The first-order valence-corrected chi connectivity index (χ1v) is 5.53. The zero-order valence-electron chi connectivity index (χ0n) is 9.42. The number of nitrogens with two attached hydrogens (primary N) is 1. The summed E-state index contributed by atoms with van der Waals surface area (Å²) in [5, 5.41) is 3.80. The Kier molecular flexibility index (Phi) is 4.21. The molecule has 3 nitrogen and oxygen atoms in total. The predicted molar refractivity (Wildman–Crippen MR) is 66.2 cm³/mol. The van der Waals surface area contributed by atoms with E-state index in [4.69, 9.17) is 17.3 Å². The molecule has 0 spiro atoms. The molecular formula is C11H18ClN3. The minimum atomic E-state index is 0.575. The number of pyridine rings is 1. The second-order valence-corrected chi connectivity index (χ2v) is 4.61. The van der Waals surface area contributed by atoms with E-state index in [2.05, 4.69) is 31.1 Å². The van der Waals surface area contributed by atoms with E-state index in [9.17, 15) is 0 Å². The van der Waals surface area contributed by atoms with Crippen LogP contribution in [0.2, 0.25) is 5.02 Å². The van der Waals surface area contributed by atoms with Crippen LogP contribution in [0.15, 0.2) is 12.3 Å². The van der Waals surface area contributed by atoms with Gasteiger partial charge in [-0.05, 0) is 17.9 Å². The van der Waals surface area contributed by atoms with Crippen LogP contribution in [0, 0.1) is 11.8 Å². The molecule has 1 rings (SSSR count). The van der Waals surface area contributed by atoms with E-state index >= 15 is 0 Å². The van der Waals surface area contributed by atoms with Crippen LogP contribution in [0.3, 0.4) is 0 Å². The van der Waals surface area contributed by atoms with Crippen LogP contribution < -0.4 is 11.1 Å². The molecule has 1 atom stereocenters. The summed E-state index contributed by atoms with van der Waals surface area (Å²) >= 11 is 5.99.